The number of nitrogens with zero attached hydrogens (tertiary/aromatic N) is 2. The Morgan fingerprint density at radius 3 is 2.73 bits per heavy atom. The van der Waals surface area contributed by atoms with Gasteiger partial charge in [-0.15, -0.1) is 0 Å². The molecule has 1 fully saturated rings. The molecule has 1 saturated heterocycles. The van der Waals surface area contributed by atoms with Crippen molar-refractivity contribution in [1.82, 2.24) is 15.3 Å². The highest BCUT2D eigenvalue weighted by molar-refractivity contribution is 6.30. The maximum Gasteiger partial charge on any atom is 0.305 e. The molecule has 2 aliphatic heterocycles. The van der Waals surface area contributed by atoms with E-state index in [1.165, 1.54) is 4.90 Å². The Morgan fingerprint density at radius 2 is 2.05 bits per heavy atom. The molecular weight excluding hydrogens is 306 g/mol. The van der Waals surface area contributed by atoms with Crippen LogP contribution < -0.4 is 5.43 Å². The number of hydrogen-bond donors (Lipinski definition) is 2. The Hall–Kier alpha value is -2.05. The van der Waals surface area contributed by atoms with E-state index in [0.29, 0.717) is 11.4 Å². The molecule has 1 amide bonds. The van der Waals surface area contributed by atoms with Crippen molar-refractivity contribution in [2.24, 2.45) is 0 Å². The van der Waals surface area contributed by atoms with Crippen LogP contribution in [-0.4, -0.2) is 39.5 Å². The lowest BCUT2D eigenvalue weighted by Gasteiger charge is -2.31. The molecule has 1 aromatic rings. The Kier molecular flexibility index (Phi) is 4.04. The van der Waals surface area contributed by atoms with E-state index in [-0.39, 0.29) is 31.0 Å². The molecule has 116 valence electrons. The molecule has 2 heterocycles. The van der Waals surface area contributed by atoms with Gasteiger partial charge in [0.1, 0.15) is 6.04 Å². The van der Waals surface area contributed by atoms with Gasteiger partial charge in [-0.2, -0.15) is 0 Å². The van der Waals surface area contributed by atoms with Crippen molar-refractivity contribution < 1.29 is 14.7 Å². The number of benzene rings is 1. The molecule has 0 aromatic heterocycles. The molecule has 0 bridgehead atoms. The van der Waals surface area contributed by atoms with Crippen LogP contribution in [0, 0.1) is 0 Å². The molecule has 0 spiro atoms. The molecule has 3 rings (SSSR count). The van der Waals surface area contributed by atoms with Crippen molar-refractivity contribution in [1.29, 1.82) is 0 Å². The number of rotatable bonds is 4. The Balaban J connectivity index is 1.69. The van der Waals surface area contributed by atoms with Crippen LogP contribution in [0.1, 0.15) is 24.4 Å². The van der Waals surface area contributed by atoms with Gasteiger partial charge in [0.25, 0.3) is 5.91 Å². The summed E-state index contributed by atoms with van der Waals surface area (Å²) in [5.74, 6) is -0.986. The van der Waals surface area contributed by atoms with Crippen LogP contribution in [0.25, 0.3) is 0 Å². The molecule has 22 heavy (non-hydrogen) atoms. The van der Waals surface area contributed by atoms with E-state index < -0.39 is 5.97 Å². The zero-order valence-corrected chi connectivity index (χ0v) is 12.5. The minimum atomic E-state index is -0.910. The lowest BCUT2D eigenvalue weighted by atomic mass is 10.0. The lowest BCUT2D eigenvalue weighted by molar-refractivity contribution is -0.139. The number of carbonyl (C=O) groups is 2. The average Bonchev–Trinajstić information content (AvgIpc) is 2.92. The summed E-state index contributed by atoms with van der Waals surface area (Å²) in [6, 6.07) is 7.26. The molecule has 0 aliphatic carbocycles. The van der Waals surface area contributed by atoms with Gasteiger partial charge in [0.2, 0.25) is 0 Å². The van der Waals surface area contributed by atoms with Gasteiger partial charge in [0.15, 0.2) is 0 Å². The predicted octanol–water partition coefficient (Wildman–Crippen LogP) is 1.75. The van der Waals surface area contributed by atoms with Gasteiger partial charge < -0.3 is 15.0 Å². The van der Waals surface area contributed by atoms with Crippen LogP contribution in [0.2, 0.25) is 5.02 Å². The molecule has 2 aliphatic rings. The third-order valence-electron chi connectivity index (χ3n) is 3.91. The standard InChI is InChI=1S/C15H16ClN3O3/c16-11-3-1-10(2-4-11)12-9-13-15(22)18(6-5-14(20)21)7-8-19(13)17-12/h1-4,7-8,12-13,17H,5-6,9H2,(H,20,21). The summed E-state index contributed by atoms with van der Waals surface area (Å²) in [7, 11) is 0. The molecule has 6 nitrogen and oxygen atoms in total. The minimum absolute atomic E-state index is 0.0373. The summed E-state index contributed by atoms with van der Waals surface area (Å²) in [5.41, 5.74) is 4.35. The number of carboxylic acid groups (broad SMARTS) is 1. The van der Waals surface area contributed by atoms with Crippen LogP contribution in [0.3, 0.4) is 0 Å². The summed E-state index contributed by atoms with van der Waals surface area (Å²) in [6.45, 7) is 0.195. The Labute approximate surface area is 132 Å². The fourth-order valence-corrected chi connectivity index (χ4v) is 2.88. The average molecular weight is 322 g/mol. The second kappa shape index (κ2) is 5.98. The molecule has 7 heteroatoms. The topological polar surface area (TPSA) is 72.9 Å². The first kappa shape index (κ1) is 14.9. The Morgan fingerprint density at radius 1 is 1.32 bits per heavy atom. The number of hydrazine groups is 1. The number of nitrogens with one attached hydrogen (secondary N) is 1. The summed E-state index contributed by atoms with van der Waals surface area (Å²) in [4.78, 5) is 24.5. The van der Waals surface area contributed by atoms with Crippen molar-refractivity contribution >= 4 is 23.5 Å². The number of halogens is 1. The molecular formula is C15H16ClN3O3. The zero-order valence-electron chi connectivity index (χ0n) is 11.8. The van der Waals surface area contributed by atoms with Crippen LogP contribution in [0.5, 0.6) is 0 Å². The SMILES string of the molecule is O=C(O)CCN1C=CN2NC(c3ccc(Cl)cc3)CC2C1=O. The van der Waals surface area contributed by atoms with Crippen LogP contribution in [0.15, 0.2) is 36.7 Å². The van der Waals surface area contributed by atoms with Gasteiger partial charge in [-0.1, -0.05) is 23.7 Å². The van der Waals surface area contributed by atoms with E-state index in [2.05, 4.69) is 5.43 Å². The maximum absolute atomic E-state index is 12.4. The predicted molar refractivity (Wildman–Crippen MR) is 80.7 cm³/mol. The van der Waals surface area contributed by atoms with E-state index in [1.54, 1.807) is 17.4 Å². The maximum atomic E-state index is 12.4. The van der Waals surface area contributed by atoms with E-state index in [1.807, 2.05) is 24.3 Å². The second-order valence-corrected chi connectivity index (χ2v) is 5.80. The summed E-state index contributed by atoms with van der Waals surface area (Å²) >= 11 is 5.89. The first-order valence-electron chi connectivity index (χ1n) is 7.05. The smallest absolute Gasteiger partial charge is 0.305 e. The number of aliphatic carboxylic acids is 1. The van der Waals surface area contributed by atoms with Crippen molar-refractivity contribution in [3.63, 3.8) is 0 Å². The summed E-state index contributed by atoms with van der Waals surface area (Å²) < 4.78 is 0. The van der Waals surface area contributed by atoms with Crippen molar-refractivity contribution in [3.05, 3.63) is 47.3 Å². The van der Waals surface area contributed by atoms with Gasteiger partial charge in [-0.05, 0) is 24.1 Å². The third-order valence-corrected chi connectivity index (χ3v) is 4.17. The number of fused-ring (bicyclic) bond motifs is 1. The monoisotopic (exact) mass is 321 g/mol. The van der Waals surface area contributed by atoms with Crippen LogP contribution in [-0.2, 0) is 9.59 Å². The first-order valence-corrected chi connectivity index (χ1v) is 7.43. The van der Waals surface area contributed by atoms with Gasteiger partial charge in [-0.3, -0.25) is 9.59 Å². The van der Waals surface area contributed by atoms with Crippen molar-refractivity contribution in [2.75, 3.05) is 6.54 Å². The number of carbonyl (C=O) groups excluding carboxylic acids is 1. The Bertz CT molecular complexity index is 617. The number of amides is 1. The van der Waals surface area contributed by atoms with Crippen LogP contribution in [0.4, 0.5) is 0 Å². The largest absolute Gasteiger partial charge is 0.481 e. The van der Waals surface area contributed by atoms with Gasteiger partial charge in [0.05, 0.1) is 12.5 Å². The fourth-order valence-electron chi connectivity index (χ4n) is 2.75. The zero-order chi connectivity index (χ0) is 15.7. The molecule has 2 N–H and O–H groups in total. The van der Waals surface area contributed by atoms with E-state index >= 15 is 0 Å². The third kappa shape index (κ3) is 2.93. The second-order valence-electron chi connectivity index (χ2n) is 5.37. The highest BCUT2D eigenvalue weighted by Crippen LogP contribution is 2.31. The van der Waals surface area contributed by atoms with Crippen LogP contribution >= 0.6 is 11.6 Å². The molecule has 0 radical (unpaired) electrons. The lowest BCUT2D eigenvalue weighted by Crippen LogP contribution is -2.48. The normalized spacial score (nSPS) is 23.8. The highest BCUT2D eigenvalue weighted by Gasteiger charge is 2.39. The summed E-state index contributed by atoms with van der Waals surface area (Å²) in [6.07, 6.45) is 3.98. The van der Waals surface area contributed by atoms with Gasteiger partial charge in [0, 0.05) is 24.0 Å². The quantitative estimate of drug-likeness (QED) is 0.884. The fraction of sp³-hybridized carbons (Fsp3) is 0.333. The molecule has 1 aromatic carbocycles. The molecule has 2 unspecified atom stereocenters. The van der Waals surface area contributed by atoms with E-state index in [9.17, 15) is 9.59 Å². The first-order chi connectivity index (χ1) is 10.5. The summed E-state index contributed by atoms with van der Waals surface area (Å²) in [5, 5.41) is 11.2. The van der Waals surface area contributed by atoms with Gasteiger partial charge in [-0.25, -0.2) is 5.43 Å². The number of carboxylic acids is 1. The minimum Gasteiger partial charge on any atom is -0.481 e. The number of hydrogen-bond acceptors (Lipinski definition) is 4. The van der Waals surface area contributed by atoms with E-state index in [4.69, 9.17) is 16.7 Å². The highest BCUT2D eigenvalue weighted by atomic mass is 35.5. The van der Waals surface area contributed by atoms with Gasteiger partial charge >= 0.3 is 5.97 Å². The molecule has 2 atom stereocenters. The molecule has 0 saturated carbocycles. The van der Waals surface area contributed by atoms with Crippen molar-refractivity contribution in [2.45, 2.75) is 24.9 Å². The van der Waals surface area contributed by atoms with E-state index in [0.717, 1.165) is 5.56 Å². The van der Waals surface area contributed by atoms with Crippen molar-refractivity contribution in [3.8, 4) is 0 Å².